The Labute approximate surface area is 120 Å². The number of carbonyl (C=O) groups excluding carboxylic acids is 2. The molecule has 0 aliphatic heterocycles. The number of aryl methyl sites for hydroxylation is 1. The van der Waals surface area contributed by atoms with Crippen LogP contribution in [0.25, 0.3) is 0 Å². The minimum atomic E-state index is -0.554. The van der Waals surface area contributed by atoms with Crippen molar-refractivity contribution in [1.29, 1.82) is 0 Å². The van der Waals surface area contributed by atoms with E-state index in [9.17, 15) is 9.59 Å². The van der Waals surface area contributed by atoms with E-state index in [0.717, 1.165) is 0 Å². The standard InChI is InChI=1S/C14H14N2O5/c1-9(17)11-3-5-12(6-4-11)19-8-14(18)20-7-13-15-10(2)16-21-13/h3-6H,7-8H2,1-2H3. The Bertz CT molecular complexity index is 633. The third-order valence-corrected chi connectivity index (χ3v) is 2.54. The number of hydrogen-bond donors (Lipinski definition) is 0. The molecule has 0 amide bonds. The van der Waals surface area contributed by atoms with Crippen molar-refractivity contribution in [3.63, 3.8) is 0 Å². The van der Waals surface area contributed by atoms with Gasteiger partial charge in [-0.15, -0.1) is 0 Å². The molecule has 0 aliphatic rings. The van der Waals surface area contributed by atoms with E-state index in [-0.39, 0.29) is 24.9 Å². The van der Waals surface area contributed by atoms with Gasteiger partial charge in [0, 0.05) is 5.56 Å². The van der Waals surface area contributed by atoms with Gasteiger partial charge in [0.25, 0.3) is 5.89 Å². The number of benzene rings is 1. The van der Waals surface area contributed by atoms with E-state index in [1.165, 1.54) is 6.92 Å². The largest absolute Gasteiger partial charge is 0.482 e. The average Bonchev–Trinajstić information content (AvgIpc) is 2.89. The number of hydrogen-bond acceptors (Lipinski definition) is 7. The highest BCUT2D eigenvalue weighted by Crippen LogP contribution is 2.12. The van der Waals surface area contributed by atoms with Crippen molar-refractivity contribution in [1.82, 2.24) is 10.1 Å². The second kappa shape index (κ2) is 6.65. The molecule has 1 aromatic carbocycles. The first kappa shape index (κ1) is 14.7. The molecule has 7 heteroatoms. The van der Waals surface area contributed by atoms with Crippen LogP contribution in [0.15, 0.2) is 28.8 Å². The summed E-state index contributed by atoms with van der Waals surface area (Å²) in [5, 5.41) is 3.57. The average molecular weight is 290 g/mol. The molecule has 0 bridgehead atoms. The van der Waals surface area contributed by atoms with Crippen LogP contribution in [-0.4, -0.2) is 28.5 Å². The number of ether oxygens (including phenoxy) is 2. The third-order valence-electron chi connectivity index (χ3n) is 2.54. The summed E-state index contributed by atoms with van der Waals surface area (Å²) < 4.78 is 15.0. The van der Waals surface area contributed by atoms with Crippen LogP contribution in [0.3, 0.4) is 0 Å². The van der Waals surface area contributed by atoms with Crippen LogP contribution in [0.1, 0.15) is 29.0 Å². The van der Waals surface area contributed by atoms with E-state index in [1.54, 1.807) is 31.2 Å². The summed E-state index contributed by atoms with van der Waals surface area (Å²) in [6, 6.07) is 6.49. The molecule has 0 spiro atoms. The highest BCUT2D eigenvalue weighted by atomic mass is 16.6. The molecule has 2 aromatic rings. The lowest BCUT2D eigenvalue weighted by molar-refractivity contribution is -0.148. The first-order chi connectivity index (χ1) is 10.0. The van der Waals surface area contributed by atoms with Gasteiger partial charge in [-0.05, 0) is 38.1 Å². The van der Waals surface area contributed by atoms with Crippen LogP contribution in [0.5, 0.6) is 5.75 Å². The molecule has 0 fully saturated rings. The zero-order valence-electron chi connectivity index (χ0n) is 11.7. The Morgan fingerprint density at radius 3 is 2.52 bits per heavy atom. The summed E-state index contributed by atoms with van der Waals surface area (Å²) >= 11 is 0. The zero-order valence-corrected chi connectivity index (χ0v) is 11.7. The van der Waals surface area contributed by atoms with Crippen molar-refractivity contribution in [2.75, 3.05) is 6.61 Å². The Hall–Kier alpha value is -2.70. The highest BCUT2D eigenvalue weighted by Gasteiger charge is 2.09. The normalized spacial score (nSPS) is 10.2. The van der Waals surface area contributed by atoms with Crippen molar-refractivity contribution >= 4 is 11.8 Å². The van der Waals surface area contributed by atoms with Gasteiger partial charge in [-0.2, -0.15) is 4.98 Å². The van der Waals surface area contributed by atoms with Gasteiger partial charge in [0.1, 0.15) is 5.75 Å². The van der Waals surface area contributed by atoms with E-state index in [2.05, 4.69) is 10.1 Å². The molecule has 0 saturated heterocycles. The van der Waals surface area contributed by atoms with Crippen LogP contribution in [-0.2, 0) is 16.1 Å². The van der Waals surface area contributed by atoms with Crippen LogP contribution in [0, 0.1) is 6.92 Å². The Kier molecular flexibility index (Phi) is 4.65. The van der Waals surface area contributed by atoms with Crippen molar-refractivity contribution in [2.24, 2.45) is 0 Å². The van der Waals surface area contributed by atoms with Crippen molar-refractivity contribution in [2.45, 2.75) is 20.5 Å². The summed E-state index contributed by atoms with van der Waals surface area (Å²) in [6.07, 6.45) is 0. The minimum absolute atomic E-state index is 0.0317. The second-order valence-electron chi connectivity index (χ2n) is 4.27. The minimum Gasteiger partial charge on any atom is -0.482 e. The lowest BCUT2D eigenvalue weighted by atomic mass is 10.1. The highest BCUT2D eigenvalue weighted by molar-refractivity contribution is 5.94. The summed E-state index contributed by atoms with van der Waals surface area (Å²) in [4.78, 5) is 26.5. The molecular formula is C14H14N2O5. The van der Waals surface area contributed by atoms with Gasteiger partial charge in [0.2, 0.25) is 0 Å². The first-order valence-electron chi connectivity index (χ1n) is 6.23. The number of Topliss-reactive ketones (excluding diaryl/α,β-unsaturated/α-hetero) is 1. The summed E-state index contributed by atoms with van der Waals surface area (Å²) in [5.41, 5.74) is 0.580. The van der Waals surface area contributed by atoms with E-state index >= 15 is 0 Å². The molecule has 0 saturated carbocycles. The van der Waals surface area contributed by atoms with Gasteiger partial charge in [-0.3, -0.25) is 4.79 Å². The van der Waals surface area contributed by atoms with Crippen LogP contribution >= 0.6 is 0 Å². The molecule has 1 aromatic heterocycles. The van der Waals surface area contributed by atoms with Gasteiger partial charge in [0.05, 0.1) is 0 Å². The summed E-state index contributed by atoms with van der Waals surface area (Å²) in [7, 11) is 0. The Balaban J connectivity index is 1.77. The fourth-order valence-corrected chi connectivity index (χ4v) is 1.51. The molecule has 2 rings (SSSR count). The van der Waals surface area contributed by atoms with E-state index in [1.807, 2.05) is 0 Å². The number of rotatable bonds is 6. The summed E-state index contributed by atoms with van der Waals surface area (Å²) in [6.45, 7) is 2.81. The lowest BCUT2D eigenvalue weighted by Crippen LogP contribution is -2.14. The third kappa shape index (κ3) is 4.41. The van der Waals surface area contributed by atoms with Gasteiger partial charge in [-0.1, -0.05) is 5.16 Å². The number of ketones is 1. The molecule has 7 nitrogen and oxygen atoms in total. The molecule has 0 unspecified atom stereocenters. The molecular weight excluding hydrogens is 276 g/mol. The number of carbonyl (C=O) groups is 2. The van der Waals surface area contributed by atoms with E-state index in [0.29, 0.717) is 17.1 Å². The molecule has 0 N–H and O–H groups in total. The fraction of sp³-hybridized carbons (Fsp3) is 0.286. The second-order valence-corrected chi connectivity index (χ2v) is 4.27. The number of aromatic nitrogens is 2. The quantitative estimate of drug-likeness (QED) is 0.590. The SMILES string of the molecule is CC(=O)c1ccc(OCC(=O)OCc2nc(C)no2)cc1. The Morgan fingerprint density at radius 1 is 1.24 bits per heavy atom. The van der Waals surface area contributed by atoms with Crippen LogP contribution < -0.4 is 4.74 Å². The molecule has 0 atom stereocenters. The smallest absolute Gasteiger partial charge is 0.344 e. The fourth-order valence-electron chi connectivity index (χ4n) is 1.51. The monoisotopic (exact) mass is 290 g/mol. The van der Waals surface area contributed by atoms with Crippen molar-refractivity contribution < 1.29 is 23.6 Å². The van der Waals surface area contributed by atoms with E-state index < -0.39 is 5.97 Å². The maximum atomic E-state index is 11.5. The predicted octanol–water partition coefficient (Wildman–Crippen LogP) is 1.70. The summed E-state index contributed by atoms with van der Waals surface area (Å²) in [5.74, 6) is 0.595. The zero-order chi connectivity index (χ0) is 15.2. The molecule has 0 radical (unpaired) electrons. The van der Waals surface area contributed by atoms with E-state index in [4.69, 9.17) is 14.0 Å². The molecule has 0 aliphatic carbocycles. The topological polar surface area (TPSA) is 91.5 Å². The van der Waals surface area contributed by atoms with Gasteiger partial charge in [0.15, 0.2) is 24.8 Å². The Morgan fingerprint density at radius 2 is 1.95 bits per heavy atom. The van der Waals surface area contributed by atoms with Gasteiger partial charge in [-0.25, -0.2) is 4.79 Å². The van der Waals surface area contributed by atoms with Crippen LogP contribution in [0.2, 0.25) is 0 Å². The number of nitrogens with zero attached hydrogens (tertiary/aromatic N) is 2. The van der Waals surface area contributed by atoms with Crippen molar-refractivity contribution in [3.8, 4) is 5.75 Å². The molecule has 21 heavy (non-hydrogen) atoms. The van der Waals surface area contributed by atoms with Crippen molar-refractivity contribution in [3.05, 3.63) is 41.5 Å². The first-order valence-corrected chi connectivity index (χ1v) is 6.23. The predicted molar refractivity (Wildman–Crippen MR) is 70.8 cm³/mol. The van der Waals surface area contributed by atoms with Gasteiger partial charge >= 0.3 is 5.97 Å². The number of esters is 1. The molecule has 110 valence electrons. The molecule has 1 heterocycles. The van der Waals surface area contributed by atoms with Crippen LogP contribution in [0.4, 0.5) is 0 Å². The maximum absolute atomic E-state index is 11.5. The maximum Gasteiger partial charge on any atom is 0.344 e. The van der Waals surface area contributed by atoms with Gasteiger partial charge < -0.3 is 14.0 Å². The lowest BCUT2D eigenvalue weighted by Gasteiger charge is -2.06.